The Hall–Kier alpha value is -1.36. The SMILES string of the molecule is CCNc1cc(NCC(C)(C)OC)nc(C(C)(C)C)n1. The molecule has 0 aromatic carbocycles. The van der Waals surface area contributed by atoms with Gasteiger partial charge in [-0.3, -0.25) is 0 Å². The van der Waals surface area contributed by atoms with Gasteiger partial charge in [0.25, 0.3) is 0 Å². The third-order valence-electron chi connectivity index (χ3n) is 3.00. The summed E-state index contributed by atoms with van der Waals surface area (Å²) in [7, 11) is 1.71. The third-order valence-corrected chi connectivity index (χ3v) is 3.00. The van der Waals surface area contributed by atoms with Gasteiger partial charge >= 0.3 is 0 Å². The Bertz CT molecular complexity index is 438. The van der Waals surface area contributed by atoms with Crippen LogP contribution in [-0.4, -0.2) is 35.8 Å². The van der Waals surface area contributed by atoms with Gasteiger partial charge in [0.2, 0.25) is 0 Å². The minimum absolute atomic E-state index is 0.0847. The van der Waals surface area contributed by atoms with Crippen LogP contribution in [0.25, 0.3) is 0 Å². The first-order valence-corrected chi connectivity index (χ1v) is 7.10. The molecule has 0 radical (unpaired) electrons. The smallest absolute Gasteiger partial charge is 0.138 e. The molecule has 2 N–H and O–H groups in total. The summed E-state index contributed by atoms with van der Waals surface area (Å²) in [5.74, 6) is 2.50. The monoisotopic (exact) mass is 280 g/mol. The van der Waals surface area contributed by atoms with Gasteiger partial charge in [-0.2, -0.15) is 0 Å². The van der Waals surface area contributed by atoms with Gasteiger partial charge in [-0.25, -0.2) is 9.97 Å². The number of nitrogens with zero attached hydrogens (tertiary/aromatic N) is 2. The zero-order chi connectivity index (χ0) is 15.4. The summed E-state index contributed by atoms with van der Waals surface area (Å²) in [4.78, 5) is 9.17. The fourth-order valence-corrected chi connectivity index (χ4v) is 1.52. The van der Waals surface area contributed by atoms with Gasteiger partial charge in [-0.15, -0.1) is 0 Å². The molecule has 5 heteroatoms. The van der Waals surface area contributed by atoms with Gasteiger partial charge in [0.1, 0.15) is 17.5 Å². The molecule has 0 atom stereocenters. The maximum atomic E-state index is 5.41. The van der Waals surface area contributed by atoms with Gasteiger partial charge < -0.3 is 15.4 Å². The summed E-state index contributed by atoms with van der Waals surface area (Å²) in [5, 5.41) is 6.58. The first-order valence-electron chi connectivity index (χ1n) is 7.10. The maximum Gasteiger partial charge on any atom is 0.138 e. The molecule has 0 aliphatic rings. The average molecular weight is 280 g/mol. The standard InChI is InChI=1S/C15H28N4O/c1-8-16-11-9-12(17-10-15(5,6)20-7)19-13(18-11)14(2,3)4/h9H,8,10H2,1-7H3,(H2,16,17,18,19). The summed E-state index contributed by atoms with van der Waals surface area (Å²) < 4.78 is 5.41. The Labute approximate surface area is 122 Å². The van der Waals surface area contributed by atoms with Crippen LogP contribution >= 0.6 is 0 Å². The zero-order valence-corrected chi connectivity index (χ0v) is 13.8. The molecule has 0 saturated carbocycles. The molecule has 5 nitrogen and oxygen atoms in total. The van der Waals surface area contributed by atoms with Crippen molar-refractivity contribution >= 4 is 11.6 Å². The largest absolute Gasteiger partial charge is 0.377 e. The Morgan fingerprint density at radius 1 is 1.05 bits per heavy atom. The first kappa shape index (κ1) is 16.7. The number of rotatable bonds is 6. The Kier molecular flexibility index (Phi) is 5.34. The van der Waals surface area contributed by atoms with Gasteiger partial charge in [0, 0.05) is 31.7 Å². The molecule has 0 amide bonds. The van der Waals surface area contributed by atoms with E-state index in [1.54, 1.807) is 7.11 Å². The minimum Gasteiger partial charge on any atom is -0.377 e. The molecular weight excluding hydrogens is 252 g/mol. The van der Waals surface area contributed by atoms with Gasteiger partial charge in [-0.05, 0) is 20.8 Å². The van der Waals surface area contributed by atoms with Gasteiger partial charge in [0.05, 0.1) is 5.60 Å². The highest BCUT2D eigenvalue weighted by Crippen LogP contribution is 2.22. The number of ether oxygens (including phenoxy) is 1. The van der Waals surface area contributed by atoms with Crippen LogP contribution in [0.4, 0.5) is 11.6 Å². The molecule has 20 heavy (non-hydrogen) atoms. The lowest BCUT2D eigenvalue weighted by molar-refractivity contribution is 0.0343. The molecule has 0 aliphatic heterocycles. The zero-order valence-electron chi connectivity index (χ0n) is 13.8. The number of hydrogen-bond acceptors (Lipinski definition) is 5. The van der Waals surface area contributed by atoms with E-state index >= 15 is 0 Å². The second kappa shape index (κ2) is 6.39. The molecule has 0 fully saturated rings. The summed E-state index contributed by atoms with van der Waals surface area (Å²) in [6.07, 6.45) is 0. The minimum atomic E-state index is -0.231. The quantitative estimate of drug-likeness (QED) is 0.838. The lowest BCUT2D eigenvalue weighted by Gasteiger charge is -2.24. The lowest BCUT2D eigenvalue weighted by Crippen LogP contribution is -2.32. The second-order valence-corrected chi connectivity index (χ2v) is 6.56. The van der Waals surface area contributed by atoms with Crippen LogP contribution in [0, 0.1) is 0 Å². The van der Waals surface area contributed by atoms with E-state index in [4.69, 9.17) is 4.74 Å². The van der Waals surface area contributed by atoms with Crippen molar-refractivity contribution in [2.24, 2.45) is 0 Å². The number of hydrogen-bond donors (Lipinski definition) is 2. The van der Waals surface area contributed by atoms with Crippen LogP contribution in [0.3, 0.4) is 0 Å². The summed E-state index contributed by atoms with van der Waals surface area (Å²) in [5.41, 5.74) is -0.316. The summed E-state index contributed by atoms with van der Waals surface area (Å²) in [6.45, 7) is 14.0. The maximum absolute atomic E-state index is 5.41. The van der Waals surface area contributed by atoms with Crippen molar-refractivity contribution in [1.82, 2.24) is 9.97 Å². The Balaban J connectivity index is 2.97. The molecule has 114 valence electrons. The molecular formula is C15H28N4O. The van der Waals surface area contributed by atoms with Crippen molar-refractivity contribution in [2.45, 2.75) is 52.6 Å². The van der Waals surface area contributed by atoms with E-state index in [-0.39, 0.29) is 11.0 Å². The highest BCUT2D eigenvalue weighted by molar-refractivity contribution is 5.48. The second-order valence-electron chi connectivity index (χ2n) is 6.56. The molecule has 0 aliphatic carbocycles. The van der Waals surface area contributed by atoms with Crippen LogP contribution in [0.15, 0.2) is 6.07 Å². The summed E-state index contributed by atoms with van der Waals surface area (Å²) >= 11 is 0. The van der Waals surface area contributed by atoms with Gasteiger partial charge in [-0.1, -0.05) is 20.8 Å². The summed E-state index contributed by atoms with van der Waals surface area (Å²) in [6, 6.07) is 1.94. The molecule has 0 bridgehead atoms. The first-order chi connectivity index (χ1) is 9.18. The Morgan fingerprint density at radius 3 is 2.05 bits per heavy atom. The van der Waals surface area contributed by atoms with E-state index in [1.165, 1.54) is 0 Å². The van der Waals surface area contributed by atoms with E-state index in [0.29, 0.717) is 6.54 Å². The van der Waals surface area contributed by atoms with Crippen molar-refractivity contribution < 1.29 is 4.74 Å². The molecule has 1 heterocycles. The van der Waals surface area contributed by atoms with Crippen molar-refractivity contribution in [1.29, 1.82) is 0 Å². The number of aromatic nitrogens is 2. The Morgan fingerprint density at radius 2 is 1.60 bits per heavy atom. The van der Waals surface area contributed by atoms with Crippen molar-refractivity contribution in [2.75, 3.05) is 30.8 Å². The van der Waals surface area contributed by atoms with E-state index in [2.05, 4.69) is 48.3 Å². The number of nitrogens with one attached hydrogen (secondary N) is 2. The fourth-order valence-electron chi connectivity index (χ4n) is 1.52. The molecule has 0 spiro atoms. The topological polar surface area (TPSA) is 59.1 Å². The average Bonchev–Trinajstić information content (AvgIpc) is 2.36. The van der Waals surface area contributed by atoms with Crippen molar-refractivity contribution in [3.05, 3.63) is 11.9 Å². The predicted octanol–water partition coefficient (Wildman–Crippen LogP) is 3.04. The van der Waals surface area contributed by atoms with E-state index < -0.39 is 0 Å². The van der Waals surface area contributed by atoms with Crippen LogP contribution in [0.1, 0.15) is 47.4 Å². The van der Waals surface area contributed by atoms with Crippen LogP contribution in [-0.2, 0) is 10.2 Å². The molecule has 0 unspecified atom stereocenters. The van der Waals surface area contributed by atoms with Crippen molar-refractivity contribution in [3.63, 3.8) is 0 Å². The highest BCUT2D eigenvalue weighted by atomic mass is 16.5. The molecule has 0 saturated heterocycles. The van der Waals surface area contributed by atoms with Crippen LogP contribution in [0.2, 0.25) is 0 Å². The van der Waals surface area contributed by atoms with E-state index in [1.807, 2.05) is 19.9 Å². The molecule has 1 aromatic rings. The highest BCUT2D eigenvalue weighted by Gasteiger charge is 2.20. The van der Waals surface area contributed by atoms with E-state index in [9.17, 15) is 0 Å². The van der Waals surface area contributed by atoms with Crippen LogP contribution in [0.5, 0.6) is 0 Å². The normalized spacial score (nSPS) is 12.3. The third kappa shape index (κ3) is 4.96. The van der Waals surface area contributed by atoms with Crippen molar-refractivity contribution in [3.8, 4) is 0 Å². The fraction of sp³-hybridized carbons (Fsp3) is 0.733. The van der Waals surface area contributed by atoms with Crippen LogP contribution < -0.4 is 10.6 Å². The molecule has 1 aromatic heterocycles. The number of anilines is 2. The lowest BCUT2D eigenvalue weighted by atomic mass is 9.96. The van der Waals surface area contributed by atoms with E-state index in [0.717, 1.165) is 24.0 Å². The number of methoxy groups -OCH3 is 1. The van der Waals surface area contributed by atoms with Gasteiger partial charge in [0.15, 0.2) is 0 Å². The molecule has 1 rings (SSSR count). The predicted molar refractivity (Wildman–Crippen MR) is 84.5 cm³/mol.